The summed E-state index contributed by atoms with van der Waals surface area (Å²) in [6.07, 6.45) is -5.07. The highest BCUT2D eigenvalue weighted by atomic mass is 79.9. The van der Waals surface area contributed by atoms with E-state index in [1.165, 1.54) is 0 Å². The van der Waals surface area contributed by atoms with Crippen LogP contribution in [0.15, 0.2) is 22.7 Å². The van der Waals surface area contributed by atoms with Gasteiger partial charge in [-0.2, -0.15) is 13.2 Å². The van der Waals surface area contributed by atoms with Gasteiger partial charge in [-0.3, -0.25) is 9.52 Å². The Balaban J connectivity index is 2.89. The minimum Gasteiger partial charge on any atom is -0.481 e. The Bertz CT molecular complexity index is 631. The lowest BCUT2D eigenvalue weighted by atomic mass is 10.2. The zero-order chi connectivity index (χ0) is 16.3. The second kappa shape index (κ2) is 6.65. The van der Waals surface area contributed by atoms with Crippen molar-refractivity contribution in [3.63, 3.8) is 0 Å². The molecule has 0 amide bonds. The summed E-state index contributed by atoms with van der Waals surface area (Å²) in [6.45, 7) is 0. The summed E-state index contributed by atoms with van der Waals surface area (Å²) in [6, 6.07) is 2.56. The molecule has 0 aliphatic heterocycles. The molecule has 0 saturated carbocycles. The molecule has 0 atom stereocenters. The first-order valence-corrected chi connectivity index (χ1v) is 8.05. The highest BCUT2D eigenvalue weighted by molar-refractivity contribution is 9.10. The molecular formula is C11H11BrF3NO4S. The van der Waals surface area contributed by atoms with Gasteiger partial charge in [-0.1, -0.05) is 0 Å². The number of benzene rings is 1. The standard InChI is InChI=1S/C11H11BrF3NO4S/c12-8-4-3-7(11(13,14)15)6-9(8)16-21(19,20)5-1-2-10(17)18/h3-4,6,16H,1-2,5H2,(H,17,18). The van der Waals surface area contributed by atoms with Crippen LogP contribution in [0.1, 0.15) is 18.4 Å². The number of nitrogens with one attached hydrogen (secondary N) is 1. The lowest BCUT2D eigenvalue weighted by molar-refractivity contribution is -0.138. The maximum absolute atomic E-state index is 12.6. The van der Waals surface area contributed by atoms with E-state index in [1.807, 2.05) is 4.72 Å². The van der Waals surface area contributed by atoms with Gasteiger partial charge >= 0.3 is 12.1 Å². The third-order valence-electron chi connectivity index (χ3n) is 2.36. The molecule has 1 rings (SSSR count). The Labute approximate surface area is 127 Å². The van der Waals surface area contributed by atoms with Gasteiger partial charge in [0, 0.05) is 10.9 Å². The van der Waals surface area contributed by atoms with Crippen LogP contribution in [0.5, 0.6) is 0 Å². The zero-order valence-corrected chi connectivity index (χ0v) is 12.8. The number of carbonyl (C=O) groups is 1. The van der Waals surface area contributed by atoms with Crippen LogP contribution in [0, 0.1) is 0 Å². The van der Waals surface area contributed by atoms with Crippen LogP contribution < -0.4 is 4.72 Å². The summed E-state index contributed by atoms with van der Waals surface area (Å²) in [5, 5.41) is 8.42. The van der Waals surface area contributed by atoms with Crippen molar-refractivity contribution >= 4 is 37.6 Å². The first-order valence-electron chi connectivity index (χ1n) is 5.60. The molecule has 0 spiro atoms. The fourth-order valence-electron chi connectivity index (χ4n) is 1.41. The average Bonchev–Trinajstić information content (AvgIpc) is 2.29. The van der Waals surface area contributed by atoms with E-state index in [1.54, 1.807) is 0 Å². The van der Waals surface area contributed by atoms with E-state index >= 15 is 0 Å². The van der Waals surface area contributed by atoms with Crippen molar-refractivity contribution in [2.75, 3.05) is 10.5 Å². The normalized spacial score (nSPS) is 12.2. The van der Waals surface area contributed by atoms with Gasteiger partial charge < -0.3 is 5.11 Å². The van der Waals surface area contributed by atoms with Crippen LogP contribution in [0.2, 0.25) is 0 Å². The van der Waals surface area contributed by atoms with Gasteiger partial charge in [-0.25, -0.2) is 8.42 Å². The summed E-state index contributed by atoms with van der Waals surface area (Å²) in [7, 11) is -3.93. The monoisotopic (exact) mass is 389 g/mol. The van der Waals surface area contributed by atoms with E-state index in [9.17, 15) is 26.4 Å². The number of anilines is 1. The van der Waals surface area contributed by atoms with E-state index in [0.717, 1.165) is 12.1 Å². The summed E-state index contributed by atoms with van der Waals surface area (Å²) < 4.78 is 63.2. The summed E-state index contributed by atoms with van der Waals surface area (Å²) in [4.78, 5) is 10.3. The molecule has 0 bridgehead atoms. The minimum absolute atomic E-state index is 0.138. The fourth-order valence-corrected chi connectivity index (χ4v) is 3.02. The third-order valence-corrected chi connectivity index (χ3v) is 4.41. The molecule has 118 valence electrons. The number of halogens is 4. The molecule has 0 unspecified atom stereocenters. The van der Waals surface area contributed by atoms with Crippen LogP contribution in [0.4, 0.5) is 18.9 Å². The van der Waals surface area contributed by atoms with Gasteiger partial charge in [-0.05, 0) is 40.5 Å². The third kappa shape index (κ3) is 5.92. The zero-order valence-electron chi connectivity index (χ0n) is 10.4. The van der Waals surface area contributed by atoms with Crippen molar-refractivity contribution in [1.29, 1.82) is 0 Å². The predicted molar refractivity (Wildman–Crippen MR) is 73.4 cm³/mol. The average molecular weight is 390 g/mol. The number of carboxylic acids is 1. The Morgan fingerprint density at radius 1 is 1.33 bits per heavy atom. The molecular weight excluding hydrogens is 379 g/mol. The lowest BCUT2D eigenvalue weighted by Gasteiger charge is -2.12. The van der Waals surface area contributed by atoms with Gasteiger partial charge in [0.2, 0.25) is 10.0 Å². The van der Waals surface area contributed by atoms with Gasteiger partial charge in [0.25, 0.3) is 0 Å². The van der Waals surface area contributed by atoms with E-state index < -0.39 is 33.5 Å². The number of alkyl halides is 3. The van der Waals surface area contributed by atoms with Gasteiger partial charge in [0.15, 0.2) is 0 Å². The smallest absolute Gasteiger partial charge is 0.416 e. The van der Waals surface area contributed by atoms with Crippen molar-refractivity contribution in [3.8, 4) is 0 Å². The molecule has 0 saturated heterocycles. The fraction of sp³-hybridized carbons (Fsp3) is 0.364. The Hall–Kier alpha value is -1.29. The van der Waals surface area contributed by atoms with E-state index in [-0.39, 0.29) is 23.0 Å². The van der Waals surface area contributed by atoms with E-state index in [4.69, 9.17) is 5.11 Å². The van der Waals surface area contributed by atoms with Crippen molar-refractivity contribution in [1.82, 2.24) is 0 Å². The summed E-state index contributed by atoms with van der Waals surface area (Å²) in [5.74, 6) is -1.65. The maximum Gasteiger partial charge on any atom is 0.416 e. The molecule has 0 aliphatic carbocycles. The number of sulfonamides is 1. The lowest BCUT2D eigenvalue weighted by Crippen LogP contribution is -2.18. The van der Waals surface area contributed by atoms with Crippen LogP contribution in [0.25, 0.3) is 0 Å². The first-order chi connectivity index (χ1) is 9.51. The molecule has 0 aromatic heterocycles. The molecule has 0 heterocycles. The summed E-state index contributed by atoms with van der Waals surface area (Å²) >= 11 is 2.95. The second-order valence-corrected chi connectivity index (χ2v) is 6.81. The molecule has 2 N–H and O–H groups in total. The molecule has 1 aromatic rings. The number of hydrogen-bond donors (Lipinski definition) is 2. The van der Waals surface area contributed by atoms with Gasteiger partial charge in [0.1, 0.15) is 0 Å². The number of hydrogen-bond acceptors (Lipinski definition) is 3. The quantitative estimate of drug-likeness (QED) is 0.782. The van der Waals surface area contributed by atoms with Crippen LogP contribution in [-0.4, -0.2) is 25.2 Å². The first kappa shape index (κ1) is 17.8. The van der Waals surface area contributed by atoms with E-state index in [2.05, 4.69) is 15.9 Å². The van der Waals surface area contributed by atoms with Crippen molar-refractivity contribution in [2.24, 2.45) is 0 Å². The van der Waals surface area contributed by atoms with Gasteiger partial charge in [-0.15, -0.1) is 0 Å². The minimum atomic E-state index is -4.59. The molecule has 21 heavy (non-hydrogen) atoms. The number of carboxylic acid groups (broad SMARTS) is 1. The van der Waals surface area contributed by atoms with Crippen molar-refractivity contribution in [3.05, 3.63) is 28.2 Å². The van der Waals surface area contributed by atoms with Crippen LogP contribution in [0.3, 0.4) is 0 Å². The summed E-state index contributed by atoms with van der Waals surface area (Å²) in [5.41, 5.74) is -1.24. The van der Waals surface area contributed by atoms with Crippen LogP contribution in [-0.2, 0) is 21.0 Å². The Morgan fingerprint density at radius 3 is 2.48 bits per heavy atom. The second-order valence-electron chi connectivity index (χ2n) is 4.11. The largest absolute Gasteiger partial charge is 0.481 e. The van der Waals surface area contributed by atoms with Gasteiger partial charge in [0.05, 0.1) is 17.0 Å². The Kier molecular flexibility index (Phi) is 5.62. The maximum atomic E-state index is 12.6. The highest BCUT2D eigenvalue weighted by Gasteiger charge is 2.31. The Morgan fingerprint density at radius 2 is 1.95 bits per heavy atom. The molecule has 0 fully saturated rings. The molecule has 0 aliphatic rings. The van der Waals surface area contributed by atoms with Crippen LogP contribution >= 0.6 is 15.9 Å². The topological polar surface area (TPSA) is 83.5 Å². The van der Waals surface area contributed by atoms with Crippen molar-refractivity contribution < 1.29 is 31.5 Å². The number of rotatable bonds is 6. The number of aliphatic carboxylic acids is 1. The highest BCUT2D eigenvalue weighted by Crippen LogP contribution is 2.34. The molecule has 0 radical (unpaired) electrons. The molecule has 10 heteroatoms. The molecule has 5 nitrogen and oxygen atoms in total. The molecule has 1 aromatic carbocycles. The van der Waals surface area contributed by atoms with Crippen molar-refractivity contribution in [2.45, 2.75) is 19.0 Å². The predicted octanol–water partition coefficient (Wildman–Crippen LogP) is 3.07. The SMILES string of the molecule is O=C(O)CCCS(=O)(=O)Nc1cc(C(F)(F)F)ccc1Br. The van der Waals surface area contributed by atoms with E-state index in [0.29, 0.717) is 6.07 Å².